The van der Waals surface area contributed by atoms with Crippen LogP contribution < -0.4 is 5.32 Å². The van der Waals surface area contributed by atoms with Gasteiger partial charge in [-0.1, -0.05) is 29.0 Å². The van der Waals surface area contributed by atoms with Gasteiger partial charge in [0, 0.05) is 10.6 Å². The summed E-state index contributed by atoms with van der Waals surface area (Å²) >= 11 is 7.37. The second-order valence-electron chi connectivity index (χ2n) is 4.77. The van der Waals surface area contributed by atoms with Crippen molar-refractivity contribution < 1.29 is 4.79 Å². The molecule has 1 N–H and O–H groups in total. The number of aryl methyl sites for hydroxylation is 1. The molecule has 21 heavy (non-hydrogen) atoms. The van der Waals surface area contributed by atoms with Gasteiger partial charge in [-0.25, -0.2) is 4.98 Å². The molecule has 106 valence electrons. The molecule has 0 saturated carbocycles. The van der Waals surface area contributed by atoms with Gasteiger partial charge in [0.1, 0.15) is 0 Å². The summed E-state index contributed by atoms with van der Waals surface area (Å²) in [6.45, 7) is 2.27. The van der Waals surface area contributed by atoms with Crippen molar-refractivity contribution in [2.24, 2.45) is 0 Å². The molecule has 0 unspecified atom stereocenters. The van der Waals surface area contributed by atoms with Gasteiger partial charge in [0.2, 0.25) is 0 Å². The van der Waals surface area contributed by atoms with Crippen LogP contribution in [0.3, 0.4) is 0 Å². The molecule has 5 heteroatoms. The highest BCUT2D eigenvalue weighted by Crippen LogP contribution is 2.26. The van der Waals surface area contributed by atoms with Crippen LogP contribution in [0.4, 0.5) is 5.13 Å². The predicted octanol–water partition coefficient (Wildman–Crippen LogP) is 4.55. The van der Waals surface area contributed by atoms with E-state index in [1.54, 1.807) is 35.6 Å². The molecule has 0 fully saturated rings. The fraction of sp³-hybridized carbons (Fsp3) is 0.125. The molecule has 0 aliphatic carbocycles. The highest BCUT2D eigenvalue weighted by Gasteiger charge is 2.08. The van der Waals surface area contributed by atoms with Crippen LogP contribution in [0.1, 0.15) is 15.9 Å². The Hall–Kier alpha value is -1.91. The van der Waals surface area contributed by atoms with Crippen molar-refractivity contribution >= 4 is 44.1 Å². The Labute approximate surface area is 131 Å². The summed E-state index contributed by atoms with van der Waals surface area (Å²) in [5.74, 6) is 0.0158. The highest BCUT2D eigenvalue weighted by atomic mass is 35.5. The second-order valence-corrected chi connectivity index (χ2v) is 6.24. The maximum atomic E-state index is 12.1. The lowest BCUT2D eigenvalue weighted by molar-refractivity contribution is 0.101. The summed E-state index contributed by atoms with van der Waals surface area (Å²) in [6.07, 6.45) is 0. The summed E-state index contributed by atoms with van der Waals surface area (Å²) in [5.41, 5.74) is 2.80. The zero-order chi connectivity index (χ0) is 14.8. The van der Waals surface area contributed by atoms with Crippen LogP contribution >= 0.6 is 22.9 Å². The molecule has 0 radical (unpaired) electrons. The Morgan fingerprint density at radius 2 is 2.00 bits per heavy atom. The number of carbonyl (C=O) groups excluding carboxylic acids is 1. The van der Waals surface area contributed by atoms with E-state index in [0.29, 0.717) is 10.6 Å². The van der Waals surface area contributed by atoms with Crippen LogP contribution in [0, 0.1) is 6.92 Å². The molecule has 0 atom stereocenters. The van der Waals surface area contributed by atoms with Crippen LogP contribution in [0.5, 0.6) is 0 Å². The number of benzene rings is 2. The number of Topliss-reactive ketones (excluding diaryl/α,β-unsaturated/α-hetero) is 1. The van der Waals surface area contributed by atoms with E-state index in [0.717, 1.165) is 15.3 Å². The number of rotatable bonds is 4. The number of anilines is 1. The topological polar surface area (TPSA) is 42.0 Å². The van der Waals surface area contributed by atoms with Crippen molar-refractivity contribution in [3.63, 3.8) is 0 Å². The van der Waals surface area contributed by atoms with E-state index in [-0.39, 0.29) is 12.3 Å². The molecule has 2 aromatic carbocycles. The minimum atomic E-state index is 0.0158. The Balaban J connectivity index is 1.71. The SMILES string of the molecule is Cc1ccc2nc(NCC(=O)c3ccc(Cl)cc3)sc2c1. The first-order valence-corrected chi connectivity index (χ1v) is 7.71. The normalized spacial score (nSPS) is 10.8. The minimum absolute atomic E-state index is 0.0158. The third kappa shape index (κ3) is 3.23. The smallest absolute Gasteiger partial charge is 0.184 e. The molecular formula is C16H13ClN2OS. The highest BCUT2D eigenvalue weighted by molar-refractivity contribution is 7.22. The zero-order valence-electron chi connectivity index (χ0n) is 11.4. The summed E-state index contributed by atoms with van der Waals surface area (Å²) < 4.78 is 1.12. The molecule has 1 heterocycles. The van der Waals surface area contributed by atoms with Crippen molar-refractivity contribution in [3.05, 3.63) is 58.6 Å². The lowest BCUT2D eigenvalue weighted by Crippen LogP contribution is -2.13. The molecule has 0 saturated heterocycles. The third-order valence-corrected chi connectivity index (χ3v) is 4.34. The van der Waals surface area contributed by atoms with Crippen LogP contribution in [0.25, 0.3) is 10.2 Å². The van der Waals surface area contributed by atoms with Crippen molar-refractivity contribution in [1.82, 2.24) is 4.98 Å². The Morgan fingerprint density at radius 3 is 2.76 bits per heavy atom. The number of hydrogen-bond acceptors (Lipinski definition) is 4. The molecule has 1 aromatic heterocycles. The van der Waals surface area contributed by atoms with Gasteiger partial charge < -0.3 is 5.32 Å². The fourth-order valence-corrected chi connectivity index (χ4v) is 3.09. The quantitative estimate of drug-likeness (QED) is 0.718. The number of aromatic nitrogens is 1. The van der Waals surface area contributed by atoms with E-state index in [4.69, 9.17) is 11.6 Å². The lowest BCUT2D eigenvalue weighted by atomic mass is 10.1. The number of carbonyl (C=O) groups is 1. The Bertz CT molecular complexity index is 796. The molecule has 3 nitrogen and oxygen atoms in total. The van der Waals surface area contributed by atoms with E-state index in [1.165, 1.54) is 5.56 Å². The predicted molar refractivity (Wildman–Crippen MR) is 88.6 cm³/mol. The number of nitrogens with zero attached hydrogens (tertiary/aromatic N) is 1. The van der Waals surface area contributed by atoms with E-state index in [1.807, 2.05) is 12.1 Å². The number of fused-ring (bicyclic) bond motifs is 1. The molecular weight excluding hydrogens is 304 g/mol. The van der Waals surface area contributed by atoms with Gasteiger partial charge in [0.15, 0.2) is 10.9 Å². The molecule has 0 spiro atoms. The van der Waals surface area contributed by atoms with Crippen molar-refractivity contribution in [2.45, 2.75) is 6.92 Å². The first-order chi connectivity index (χ1) is 10.1. The van der Waals surface area contributed by atoms with Crippen LogP contribution in [0.2, 0.25) is 5.02 Å². The first-order valence-electron chi connectivity index (χ1n) is 6.52. The summed E-state index contributed by atoms with van der Waals surface area (Å²) in [4.78, 5) is 16.5. The van der Waals surface area contributed by atoms with E-state index in [2.05, 4.69) is 23.3 Å². The van der Waals surface area contributed by atoms with Gasteiger partial charge in [-0.05, 0) is 48.9 Å². The summed E-state index contributed by atoms with van der Waals surface area (Å²) in [5, 5.41) is 4.48. The fourth-order valence-electron chi connectivity index (χ4n) is 2.00. The molecule has 3 aromatic rings. The largest absolute Gasteiger partial charge is 0.354 e. The standard InChI is InChI=1S/C16H13ClN2OS/c1-10-2-7-13-15(8-10)21-16(19-13)18-9-14(20)11-3-5-12(17)6-4-11/h2-8H,9H2,1H3,(H,18,19). The number of nitrogens with one attached hydrogen (secondary N) is 1. The molecule has 0 aliphatic rings. The van der Waals surface area contributed by atoms with Gasteiger partial charge in [-0.3, -0.25) is 4.79 Å². The number of ketones is 1. The van der Waals surface area contributed by atoms with E-state index in [9.17, 15) is 4.79 Å². The summed E-state index contributed by atoms with van der Waals surface area (Å²) in [7, 11) is 0. The summed E-state index contributed by atoms with van der Waals surface area (Å²) in [6, 6.07) is 13.0. The zero-order valence-corrected chi connectivity index (χ0v) is 13.0. The third-order valence-electron chi connectivity index (χ3n) is 3.11. The van der Waals surface area contributed by atoms with Crippen LogP contribution in [-0.4, -0.2) is 17.3 Å². The van der Waals surface area contributed by atoms with Crippen molar-refractivity contribution in [2.75, 3.05) is 11.9 Å². The number of halogens is 1. The average molecular weight is 317 g/mol. The monoisotopic (exact) mass is 316 g/mol. The number of hydrogen-bond donors (Lipinski definition) is 1. The Kier molecular flexibility index (Phi) is 3.90. The Morgan fingerprint density at radius 1 is 1.24 bits per heavy atom. The first kappa shape index (κ1) is 14.0. The average Bonchev–Trinajstić information content (AvgIpc) is 2.87. The van der Waals surface area contributed by atoms with Gasteiger partial charge in [-0.15, -0.1) is 0 Å². The van der Waals surface area contributed by atoms with E-state index >= 15 is 0 Å². The molecule has 0 bridgehead atoms. The van der Waals surface area contributed by atoms with Crippen molar-refractivity contribution in [3.8, 4) is 0 Å². The minimum Gasteiger partial charge on any atom is -0.354 e. The van der Waals surface area contributed by atoms with Crippen molar-refractivity contribution in [1.29, 1.82) is 0 Å². The molecule has 3 rings (SSSR count). The van der Waals surface area contributed by atoms with Crippen LogP contribution in [0.15, 0.2) is 42.5 Å². The van der Waals surface area contributed by atoms with Gasteiger partial charge >= 0.3 is 0 Å². The second kappa shape index (κ2) is 5.84. The number of thiazole rings is 1. The maximum Gasteiger partial charge on any atom is 0.184 e. The van der Waals surface area contributed by atoms with Crippen LogP contribution in [-0.2, 0) is 0 Å². The molecule has 0 aliphatic heterocycles. The van der Waals surface area contributed by atoms with Gasteiger partial charge in [-0.2, -0.15) is 0 Å². The van der Waals surface area contributed by atoms with Gasteiger partial charge in [0.05, 0.1) is 16.8 Å². The molecule has 0 amide bonds. The maximum absolute atomic E-state index is 12.1. The lowest BCUT2D eigenvalue weighted by Gasteiger charge is -2.02. The van der Waals surface area contributed by atoms with E-state index < -0.39 is 0 Å². The van der Waals surface area contributed by atoms with Gasteiger partial charge in [0.25, 0.3) is 0 Å².